The van der Waals surface area contributed by atoms with Crippen LogP contribution in [0, 0.1) is 5.92 Å². The number of hydrogen-bond donors (Lipinski definition) is 2. The van der Waals surface area contributed by atoms with Crippen molar-refractivity contribution in [2.45, 2.75) is 46.2 Å². The molecule has 0 saturated carbocycles. The molecule has 0 aliphatic rings. The zero-order valence-corrected chi connectivity index (χ0v) is 12.7. The van der Waals surface area contributed by atoms with Crippen molar-refractivity contribution in [2.75, 3.05) is 0 Å². The first-order valence-electron chi connectivity index (χ1n) is 7.33. The summed E-state index contributed by atoms with van der Waals surface area (Å²) in [7, 11) is 0. The largest absolute Gasteiger partial charge is 0.361 e. The van der Waals surface area contributed by atoms with Crippen molar-refractivity contribution in [1.82, 2.24) is 10.3 Å². The third-order valence-electron chi connectivity index (χ3n) is 3.55. The fourth-order valence-electron chi connectivity index (χ4n) is 2.57. The van der Waals surface area contributed by atoms with E-state index in [2.05, 4.69) is 36.3 Å². The van der Waals surface area contributed by atoms with Crippen LogP contribution < -0.4 is 5.32 Å². The van der Waals surface area contributed by atoms with Gasteiger partial charge in [-0.25, -0.2) is 0 Å². The predicted molar refractivity (Wildman–Crippen MR) is 83.9 cm³/mol. The molecule has 2 rings (SSSR count). The molecule has 0 fully saturated rings. The van der Waals surface area contributed by atoms with Crippen LogP contribution in [0.2, 0.25) is 0 Å². The second-order valence-corrected chi connectivity index (χ2v) is 5.99. The number of nitrogens with one attached hydrogen (secondary N) is 2. The summed E-state index contributed by atoms with van der Waals surface area (Å²) in [5.74, 6) is 0.334. The molecule has 0 saturated heterocycles. The number of hydrogen-bond acceptors (Lipinski definition) is 2. The van der Waals surface area contributed by atoms with Gasteiger partial charge < -0.3 is 10.3 Å². The van der Waals surface area contributed by atoms with Crippen molar-refractivity contribution in [1.29, 1.82) is 0 Å². The highest BCUT2D eigenvalue weighted by molar-refractivity contribution is 5.88. The number of H-pyrrole nitrogens is 1. The molecule has 0 unspecified atom stereocenters. The Hall–Kier alpha value is -1.61. The molecule has 20 heavy (non-hydrogen) atoms. The van der Waals surface area contributed by atoms with E-state index >= 15 is 0 Å². The summed E-state index contributed by atoms with van der Waals surface area (Å²) in [6, 6.07) is 8.41. The first-order chi connectivity index (χ1) is 9.49. The molecule has 1 heterocycles. The zero-order chi connectivity index (χ0) is 14.7. The van der Waals surface area contributed by atoms with Gasteiger partial charge in [-0.15, -0.1) is 0 Å². The van der Waals surface area contributed by atoms with Gasteiger partial charge in [0.1, 0.15) is 0 Å². The zero-order valence-electron chi connectivity index (χ0n) is 12.7. The number of ketones is 1. The highest BCUT2D eigenvalue weighted by Crippen LogP contribution is 2.20. The second kappa shape index (κ2) is 6.23. The van der Waals surface area contributed by atoms with Gasteiger partial charge in [-0.2, -0.15) is 0 Å². The number of Topliss-reactive ketones (excluding diaryl/α,β-unsaturated/α-hetero) is 1. The van der Waals surface area contributed by atoms with Gasteiger partial charge in [-0.3, -0.25) is 4.79 Å². The van der Waals surface area contributed by atoms with Crippen LogP contribution in [-0.2, 0) is 11.2 Å². The maximum absolute atomic E-state index is 12.4. The minimum atomic E-state index is -0.116. The van der Waals surface area contributed by atoms with Gasteiger partial charge in [0, 0.05) is 29.1 Å². The number of carbonyl (C=O) groups is 1. The molecule has 0 spiro atoms. The molecule has 0 aliphatic carbocycles. The Balaban J connectivity index is 2.25. The fourth-order valence-corrected chi connectivity index (χ4v) is 2.57. The van der Waals surface area contributed by atoms with Crippen LogP contribution in [0.15, 0.2) is 30.5 Å². The third-order valence-corrected chi connectivity index (χ3v) is 3.55. The quantitative estimate of drug-likeness (QED) is 0.847. The van der Waals surface area contributed by atoms with Crippen LogP contribution in [0.1, 0.15) is 33.3 Å². The molecule has 1 aromatic heterocycles. The highest BCUT2D eigenvalue weighted by Gasteiger charge is 2.23. The van der Waals surface area contributed by atoms with Gasteiger partial charge in [0.25, 0.3) is 0 Å². The Labute approximate surface area is 120 Å². The number of rotatable bonds is 6. The molecule has 3 nitrogen and oxygen atoms in total. The normalized spacial score (nSPS) is 13.3. The van der Waals surface area contributed by atoms with Crippen molar-refractivity contribution in [3.05, 3.63) is 36.0 Å². The Morgan fingerprint density at radius 1 is 1.20 bits per heavy atom. The summed E-state index contributed by atoms with van der Waals surface area (Å²) in [6.07, 6.45) is 2.76. The number of benzene rings is 1. The van der Waals surface area contributed by atoms with Crippen LogP contribution in [0.3, 0.4) is 0 Å². The minimum absolute atomic E-state index is 0.0523. The average molecular weight is 272 g/mol. The smallest absolute Gasteiger partial charge is 0.152 e. The summed E-state index contributed by atoms with van der Waals surface area (Å²) in [6.45, 7) is 8.09. The Bertz CT molecular complexity index is 583. The molecule has 108 valence electrons. The van der Waals surface area contributed by atoms with E-state index in [0.717, 1.165) is 11.9 Å². The van der Waals surface area contributed by atoms with Crippen molar-refractivity contribution in [3.8, 4) is 0 Å². The topological polar surface area (TPSA) is 44.9 Å². The van der Waals surface area contributed by atoms with E-state index in [1.54, 1.807) is 0 Å². The van der Waals surface area contributed by atoms with Gasteiger partial charge in [0.2, 0.25) is 0 Å². The summed E-state index contributed by atoms with van der Waals surface area (Å²) in [4.78, 5) is 15.6. The molecule has 2 aromatic rings. The van der Waals surface area contributed by atoms with Crippen LogP contribution in [-0.4, -0.2) is 22.9 Å². The lowest BCUT2D eigenvalue weighted by Gasteiger charge is -2.21. The van der Waals surface area contributed by atoms with Crippen LogP contribution in [0.4, 0.5) is 0 Å². The van der Waals surface area contributed by atoms with E-state index in [4.69, 9.17) is 0 Å². The van der Waals surface area contributed by atoms with E-state index in [0.29, 0.717) is 6.04 Å². The molecule has 0 amide bonds. The summed E-state index contributed by atoms with van der Waals surface area (Å²) in [5, 5.41) is 4.61. The van der Waals surface area contributed by atoms with Crippen molar-refractivity contribution in [2.24, 2.45) is 5.92 Å². The SMILES string of the molecule is CC(C)N[C@H](Cc1c[nH]c2ccccc12)C(=O)C(C)C. The average Bonchev–Trinajstić information content (AvgIpc) is 2.80. The molecular weight excluding hydrogens is 248 g/mol. The van der Waals surface area contributed by atoms with E-state index in [9.17, 15) is 4.79 Å². The van der Waals surface area contributed by atoms with Crippen molar-refractivity contribution in [3.63, 3.8) is 0 Å². The summed E-state index contributed by atoms with van der Waals surface area (Å²) in [5.41, 5.74) is 2.33. The molecule has 3 heteroatoms. The van der Waals surface area contributed by atoms with Gasteiger partial charge in [0.05, 0.1) is 6.04 Å². The molecular formula is C17H24N2O. The van der Waals surface area contributed by atoms with Crippen LogP contribution in [0.5, 0.6) is 0 Å². The van der Waals surface area contributed by atoms with E-state index in [-0.39, 0.29) is 17.7 Å². The van der Waals surface area contributed by atoms with Gasteiger partial charge in [0.15, 0.2) is 5.78 Å². The summed E-state index contributed by atoms with van der Waals surface area (Å²) < 4.78 is 0. The lowest BCUT2D eigenvalue weighted by Crippen LogP contribution is -2.44. The first-order valence-corrected chi connectivity index (χ1v) is 7.33. The molecule has 1 aromatic carbocycles. The third kappa shape index (κ3) is 3.28. The minimum Gasteiger partial charge on any atom is -0.361 e. The van der Waals surface area contributed by atoms with E-state index in [1.807, 2.05) is 32.2 Å². The second-order valence-electron chi connectivity index (χ2n) is 5.99. The molecule has 0 radical (unpaired) electrons. The van der Waals surface area contributed by atoms with Gasteiger partial charge >= 0.3 is 0 Å². The lowest BCUT2D eigenvalue weighted by molar-refractivity contribution is -0.124. The number of fused-ring (bicyclic) bond motifs is 1. The fraction of sp³-hybridized carbons (Fsp3) is 0.471. The Morgan fingerprint density at radius 3 is 2.55 bits per heavy atom. The van der Waals surface area contributed by atoms with Crippen LogP contribution in [0.25, 0.3) is 10.9 Å². The monoisotopic (exact) mass is 272 g/mol. The number of aromatic amines is 1. The standard InChI is InChI=1S/C17H24N2O/c1-11(2)17(20)16(19-12(3)4)9-13-10-18-15-8-6-5-7-14(13)15/h5-8,10-12,16,18-19H,9H2,1-4H3/t16-/m1/s1. The Kier molecular flexibility index (Phi) is 4.61. The maximum atomic E-state index is 12.4. The predicted octanol–water partition coefficient (Wildman–Crippen LogP) is 3.30. The van der Waals surface area contributed by atoms with Gasteiger partial charge in [-0.05, 0) is 18.1 Å². The lowest BCUT2D eigenvalue weighted by atomic mass is 9.95. The van der Waals surface area contributed by atoms with E-state index < -0.39 is 0 Å². The number of carbonyl (C=O) groups excluding carboxylic acids is 1. The van der Waals surface area contributed by atoms with Crippen molar-refractivity contribution < 1.29 is 4.79 Å². The van der Waals surface area contributed by atoms with Crippen molar-refractivity contribution >= 4 is 16.7 Å². The van der Waals surface area contributed by atoms with E-state index in [1.165, 1.54) is 10.9 Å². The number of para-hydroxylation sites is 1. The Morgan fingerprint density at radius 2 is 1.90 bits per heavy atom. The highest BCUT2D eigenvalue weighted by atomic mass is 16.1. The maximum Gasteiger partial charge on any atom is 0.152 e. The summed E-state index contributed by atoms with van der Waals surface area (Å²) >= 11 is 0. The molecule has 2 N–H and O–H groups in total. The molecule has 1 atom stereocenters. The van der Waals surface area contributed by atoms with Gasteiger partial charge in [-0.1, -0.05) is 45.9 Å². The van der Waals surface area contributed by atoms with Crippen LogP contribution >= 0.6 is 0 Å². The molecule has 0 bridgehead atoms. The number of aromatic nitrogens is 1. The first kappa shape index (κ1) is 14.8. The molecule has 0 aliphatic heterocycles.